The lowest BCUT2D eigenvalue weighted by Gasteiger charge is -2.39. The zero-order valence-corrected chi connectivity index (χ0v) is 13.1. The van der Waals surface area contributed by atoms with E-state index in [1.165, 1.54) is 11.1 Å². The molecule has 1 rings (SSSR count). The summed E-state index contributed by atoms with van der Waals surface area (Å²) >= 11 is 0. The summed E-state index contributed by atoms with van der Waals surface area (Å²) in [5.74, 6) is 0. The van der Waals surface area contributed by atoms with Crippen molar-refractivity contribution < 1.29 is 4.74 Å². The van der Waals surface area contributed by atoms with Crippen LogP contribution in [0.15, 0.2) is 24.3 Å². The standard InChI is InChI=1S/C17H29NO/c1-6-17(7-2,19-8-3)16(18-5)13-15-11-9-14(4)10-12-15/h9-12,16,18H,6-8,13H2,1-5H3. The van der Waals surface area contributed by atoms with Gasteiger partial charge in [-0.2, -0.15) is 0 Å². The molecule has 1 aromatic carbocycles. The highest BCUT2D eigenvalue weighted by Crippen LogP contribution is 2.27. The molecule has 0 saturated carbocycles. The van der Waals surface area contributed by atoms with Crippen molar-refractivity contribution in [2.24, 2.45) is 0 Å². The molecule has 0 radical (unpaired) electrons. The summed E-state index contributed by atoms with van der Waals surface area (Å²) in [6.45, 7) is 9.42. The number of hydrogen-bond acceptors (Lipinski definition) is 2. The zero-order chi connectivity index (χ0) is 14.3. The predicted molar refractivity (Wildman–Crippen MR) is 82.7 cm³/mol. The second-order valence-electron chi connectivity index (χ2n) is 5.24. The summed E-state index contributed by atoms with van der Waals surface area (Å²) in [4.78, 5) is 0. The highest BCUT2D eigenvalue weighted by atomic mass is 16.5. The molecule has 1 unspecified atom stereocenters. The Labute approximate surface area is 118 Å². The highest BCUT2D eigenvalue weighted by Gasteiger charge is 2.35. The average Bonchev–Trinajstić information content (AvgIpc) is 2.44. The van der Waals surface area contributed by atoms with Crippen molar-refractivity contribution in [1.82, 2.24) is 5.32 Å². The number of ether oxygens (including phenoxy) is 1. The minimum Gasteiger partial charge on any atom is -0.374 e. The smallest absolute Gasteiger partial charge is 0.0832 e. The maximum atomic E-state index is 6.11. The van der Waals surface area contributed by atoms with Crippen LogP contribution in [0.1, 0.15) is 44.7 Å². The van der Waals surface area contributed by atoms with E-state index in [4.69, 9.17) is 4.74 Å². The van der Waals surface area contributed by atoms with E-state index in [2.05, 4.69) is 57.3 Å². The molecular formula is C17H29NO. The Bertz CT molecular complexity index is 354. The van der Waals surface area contributed by atoms with Crippen molar-refractivity contribution in [3.05, 3.63) is 35.4 Å². The fourth-order valence-corrected chi connectivity index (χ4v) is 2.85. The van der Waals surface area contributed by atoms with Crippen LogP contribution in [0.3, 0.4) is 0 Å². The Balaban J connectivity index is 2.88. The molecule has 0 aliphatic carbocycles. The van der Waals surface area contributed by atoms with Gasteiger partial charge in [-0.05, 0) is 45.7 Å². The number of aryl methyl sites for hydroxylation is 1. The lowest BCUT2D eigenvalue weighted by atomic mass is 9.84. The first-order valence-corrected chi connectivity index (χ1v) is 7.48. The van der Waals surface area contributed by atoms with Gasteiger partial charge >= 0.3 is 0 Å². The summed E-state index contributed by atoms with van der Waals surface area (Å²) in [6, 6.07) is 9.17. The maximum absolute atomic E-state index is 6.11. The van der Waals surface area contributed by atoms with E-state index in [-0.39, 0.29) is 5.60 Å². The van der Waals surface area contributed by atoms with Crippen molar-refractivity contribution in [1.29, 1.82) is 0 Å². The van der Waals surface area contributed by atoms with Crippen LogP contribution in [0, 0.1) is 6.92 Å². The third kappa shape index (κ3) is 4.05. The van der Waals surface area contributed by atoms with Crippen LogP contribution < -0.4 is 5.32 Å². The van der Waals surface area contributed by atoms with Gasteiger partial charge in [-0.1, -0.05) is 43.7 Å². The van der Waals surface area contributed by atoms with E-state index < -0.39 is 0 Å². The molecule has 0 amide bonds. The lowest BCUT2D eigenvalue weighted by Crippen LogP contribution is -2.52. The largest absolute Gasteiger partial charge is 0.374 e. The highest BCUT2D eigenvalue weighted by molar-refractivity contribution is 5.22. The molecule has 0 aromatic heterocycles. The third-order valence-electron chi connectivity index (χ3n) is 4.17. The Morgan fingerprint density at radius 3 is 2.11 bits per heavy atom. The molecule has 0 spiro atoms. The van der Waals surface area contributed by atoms with Gasteiger partial charge in [-0.3, -0.25) is 0 Å². The Morgan fingerprint density at radius 2 is 1.68 bits per heavy atom. The number of rotatable bonds is 8. The van der Waals surface area contributed by atoms with Crippen LogP contribution in [-0.2, 0) is 11.2 Å². The molecule has 2 heteroatoms. The molecular weight excluding hydrogens is 234 g/mol. The Kier molecular flexibility index (Phi) is 6.53. The first-order chi connectivity index (χ1) is 9.11. The minimum absolute atomic E-state index is 0.0611. The van der Waals surface area contributed by atoms with E-state index >= 15 is 0 Å². The van der Waals surface area contributed by atoms with E-state index in [9.17, 15) is 0 Å². The van der Waals surface area contributed by atoms with Gasteiger partial charge in [-0.25, -0.2) is 0 Å². The molecule has 19 heavy (non-hydrogen) atoms. The fourth-order valence-electron chi connectivity index (χ4n) is 2.85. The van der Waals surface area contributed by atoms with Crippen molar-refractivity contribution in [3.8, 4) is 0 Å². The van der Waals surface area contributed by atoms with Gasteiger partial charge in [0.15, 0.2) is 0 Å². The molecule has 1 atom stereocenters. The van der Waals surface area contributed by atoms with E-state index in [0.29, 0.717) is 6.04 Å². The predicted octanol–water partition coefficient (Wildman–Crippen LogP) is 3.72. The molecule has 0 heterocycles. The summed E-state index contributed by atoms with van der Waals surface area (Å²) in [5, 5.41) is 3.47. The van der Waals surface area contributed by atoms with Crippen LogP contribution in [0.2, 0.25) is 0 Å². The van der Waals surface area contributed by atoms with Gasteiger partial charge in [0, 0.05) is 12.6 Å². The van der Waals surface area contributed by atoms with E-state index in [0.717, 1.165) is 25.9 Å². The summed E-state index contributed by atoms with van der Waals surface area (Å²) in [5.41, 5.74) is 2.62. The van der Waals surface area contributed by atoms with Crippen LogP contribution in [0.25, 0.3) is 0 Å². The Morgan fingerprint density at radius 1 is 1.11 bits per heavy atom. The molecule has 0 bridgehead atoms. The second kappa shape index (κ2) is 7.66. The van der Waals surface area contributed by atoms with Crippen molar-refractivity contribution in [2.75, 3.05) is 13.7 Å². The minimum atomic E-state index is -0.0611. The maximum Gasteiger partial charge on any atom is 0.0832 e. The summed E-state index contributed by atoms with van der Waals surface area (Å²) in [7, 11) is 2.04. The summed E-state index contributed by atoms with van der Waals surface area (Å²) < 4.78 is 6.11. The van der Waals surface area contributed by atoms with Crippen molar-refractivity contribution >= 4 is 0 Å². The van der Waals surface area contributed by atoms with Crippen molar-refractivity contribution in [2.45, 2.75) is 58.6 Å². The van der Waals surface area contributed by atoms with E-state index in [1.807, 2.05) is 7.05 Å². The molecule has 1 N–H and O–H groups in total. The number of likely N-dealkylation sites (N-methyl/N-ethyl adjacent to an activating group) is 1. The SMILES string of the molecule is CCOC(CC)(CC)C(Cc1ccc(C)cc1)NC. The molecule has 108 valence electrons. The Hall–Kier alpha value is -0.860. The zero-order valence-electron chi connectivity index (χ0n) is 13.1. The topological polar surface area (TPSA) is 21.3 Å². The molecule has 1 aromatic rings. The number of nitrogens with one attached hydrogen (secondary N) is 1. The van der Waals surface area contributed by atoms with Gasteiger partial charge in [0.2, 0.25) is 0 Å². The number of benzene rings is 1. The van der Waals surface area contributed by atoms with Crippen LogP contribution in [0.4, 0.5) is 0 Å². The van der Waals surface area contributed by atoms with Crippen LogP contribution in [-0.4, -0.2) is 25.3 Å². The average molecular weight is 263 g/mol. The fraction of sp³-hybridized carbons (Fsp3) is 0.647. The van der Waals surface area contributed by atoms with Crippen molar-refractivity contribution in [3.63, 3.8) is 0 Å². The molecule has 0 aliphatic heterocycles. The molecule has 0 aliphatic rings. The normalized spacial score (nSPS) is 13.5. The third-order valence-corrected chi connectivity index (χ3v) is 4.17. The van der Waals surface area contributed by atoms with Gasteiger partial charge in [0.05, 0.1) is 5.60 Å². The van der Waals surface area contributed by atoms with E-state index in [1.54, 1.807) is 0 Å². The monoisotopic (exact) mass is 263 g/mol. The second-order valence-corrected chi connectivity index (χ2v) is 5.24. The van der Waals surface area contributed by atoms with Gasteiger partial charge in [-0.15, -0.1) is 0 Å². The first-order valence-electron chi connectivity index (χ1n) is 7.48. The summed E-state index contributed by atoms with van der Waals surface area (Å²) in [6.07, 6.45) is 3.09. The molecule has 0 fully saturated rings. The molecule has 0 saturated heterocycles. The molecule has 2 nitrogen and oxygen atoms in total. The first kappa shape index (κ1) is 16.2. The lowest BCUT2D eigenvalue weighted by molar-refractivity contribution is -0.0703. The van der Waals surface area contributed by atoms with Crippen LogP contribution >= 0.6 is 0 Å². The van der Waals surface area contributed by atoms with Crippen LogP contribution in [0.5, 0.6) is 0 Å². The number of hydrogen-bond donors (Lipinski definition) is 1. The van der Waals surface area contributed by atoms with Gasteiger partial charge < -0.3 is 10.1 Å². The van der Waals surface area contributed by atoms with Gasteiger partial charge in [0.25, 0.3) is 0 Å². The van der Waals surface area contributed by atoms with Gasteiger partial charge in [0.1, 0.15) is 0 Å². The quantitative estimate of drug-likeness (QED) is 0.772.